The molecular weight excluding hydrogens is 480 g/mol. The van der Waals surface area contributed by atoms with E-state index in [4.69, 9.17) is 4.74 Å². The summed E-state index contributed by atoms with van der Waals surface area (Å²) in [5, 5.41) is 2.26. The standard InChI is InChI=1S/C24H33F2N3O5S/c1-24(25,26)19-8-6-17(7-9-19)14-27-22(30)21-5-3-12-29(21)23(31)18-4-2-11-28(15-18)35(32,33)20-10-13-34-16-20/h6-9,18,20-21H,2-5,10-16H2,1H3,(H,27,30)/t18-,20?,21+/m0/s1. The van der Waals surface area contributed by atoms with Gasteiger partial charge in [0, 0.05) is 45.3 Å². The number of alkyl halides is 2. The van der Waals surface area contributed by atoms with Crippen LogP contribution in [0.3, 0.4) is 0 Å². The largest absolute Gasteiger partial charge is 0.380 e. The average Bonchev–Trinajstić information content (AvgIpc) is 3.55. The molecule has 0 saturated carbocycles. The van der Waals surface area contributed by atoms with Gasteiger partial charge in [-0.25, -0.2) is 21.5 Å². The first kappa shape index (κ1) is 26.0. The zero-order chi connectivity index (χ0) is 25.2. The number of ether oxygens (including phenoxy) is 1. The fraction of sp³-hybridized carbons (Fsp3) is 0.667. The highest BCUT2D eigenvalue weighted by molar-refractivity contribution is 7.89. The Morgan fingerprint density at radius 1 is 1.11 bits per heavy atom. The first-order valence-electron chi connectivity index (χ1n) is 12.2. The number of nitrogens with one attached hydrogen (secondary N) is 1. The maximum atomic E-state index is 13.4. The topological polar surface area (TPSA) is 96.0 Å². The maximum absolute atomic E-state index is 13.4. The monoisotopic (exact) mass is 513 g/mol. The highest BCUT2D eigenvalue weighted by Crippen LogP contribution is 2.29. The molecule has 0 bridgehead atoms. The molecule has 11 heteroatoms. The van der Waals surface area contributed by atoms with Crippen LogP contribution in [0.15, 0.2) is 24.3 Å². The van der Waals surface area contributed by atoms with E-state index in [1.807, 2.05) is 0 Å². The maximum Gasteiger partial charge on any atom is 0.270 e. The molecule has 1 unspecified atom stereocenters. The lowest BCUT2D eigenvalue weighted by molar-refractivity contribution is -0.142. The lowest BCUT2D eigenvalue weighted by atomic mass is 9.97. The van der Waals surface area contributed by atoms with Crippen molar-refractivity contribution in [1.82, 2.24) is 14.5 Å². The summed E-state index contributed by atoms with van der Waals surface area (Å²) in [6.07, 6.45) is 2.88. The van der Waals surface area contributed by atoms with E-state index in [-0.39, 0.29) is 37.1 Å². The molecule has 2 amide bonds. The first-order valence-corrected chi connectivity index (χ1v) is 13.7. The Labute approximate surface area is 205 Å². The summed E-state index contributed by atoms with van der Waals surface area (Å²) in [5.41, 5.74) is 0.593. The van der Waals surface area contributed by atoms with Gasteiger partial charge >= 0.3 is 0 Å². The Hall–Kier alpha value is -2.11. The first-order chi connectivity index (χ1) is 16.6. The second-order valence-electron chi connectivity index (χ2n) is 9.72. The van der Waals surface area contributed by atoms with Crippen molar-refractivity contribution in [1.29, 1.82) is 0 Å². The van der Waals surface area contributed by atoms with Gasteiger partial charge in [-0.3, -0.25) is 9.59 Å². The van der Waals surface area contributed by atoms with Gasteiger partial charge in [0.25, 0.3) is 5.92 Å². The van der Waals surface area contributed by atoms with Crippen molar-refractivity contribution in [3.63, 3.8) is 0 Å². The lowest BCUT2D eigenvalue weighted by Crippen LogP contribution is -2.52. The molecular formula is C24H33F2N3O5S. The summed E-state index contributed by atoms with van der Waals surface area (Å²) in [5.74, 6) is -3.87. The van der Waals surface area contributed by atoms with Crippen molar-refractivity contribution in [2.24, 2.45) is 5.92 Å². The van der Waals surface area contributed by atoms with Crippen LogP contribution >= 0.6 is 0 Å². The molecule has 0 spiro atoms. The number of hydrogen-bond donors (Lipinski definition) is 1. The number of carbonyl (C=O) groups excluding carboxylic acids is 2. The molecule has 4 rings (SSSR count). The smallest absolute Gasteiger partial charge is 0.270 e. The second-order valence-corrected chi connectivity index (χ2v) is 11.9. The fourth-order valence-electron chi connectivity index (χ4n) is 5.09. The quantitative estimate of drug-likeness (QED) is 0.603. The molecule has 0 aromatic heterocycles. The molecule has 1 N–H and O–H groups in total. The Balaban J connectivity index is 1.35. The van der Waals surface area contributed by atoms with Crippen molar-refractivity contribution in [2.45, 2.75) is 62.8 Å². The van der Waals surface area contributed by atoms with Gasteiger partial charge in [-0.1, -0.05) is 24.3 Å². The van der Waals surface area contributed by atoms with Gasteiger partial charge in [0.1, 0.15) is 11.3 Å². The van der Waals surface area contributed by atoms with E-state index in [0.717, 1.165) is 6.92 Å². The van der Waals surface area contributed by atoms with Gasteiger partial charge in [-0.2, -0.15) is 0 Å². The van der Waals surface area contributed by atoms with Crippen molar-refractivity contribution < 1.29 is 31.5 Å². The molecule has 1 aromatic carbocycles. The zero-order valence-corrected chi connectivity index (χ0v) is 20.7. The summed E-state index contributed by atoms with van der Waals surface area (Å²) in [4.78, 5) is 27.8. The Morgan fingerprint density at radius 3 is 2.49 bits per heavy atom. The summed E-state index contributed by atoms with van der Waals surface area (Å²) in [7, 11) is -3.52. The molecule has 3 fully saturated rings. The third-order valence-electron chi connectivity index (χ3n) is 7.17. The van der Waals surface area contributed by atoms with Gasteiger partial charge in [0.05, 0.1) is 12.5 Å². The molecule has 194 valence electrons. The van der Waals surface area contributed by atoms with Crippen molar-refractivity contribution >= 4 is 21.8 Å². The predicted molar refractivity (Wildman–Crippen MR) is 125 cm³/mol. The zero-order valence-electron chi connectivity index (χ0n) is 19.9. The van der Waals surface area contributed by atoms with Gasteiger partial charge in [0.15, 0.2) is 0 Å². The number of amides is 2. The van der Waals surface area contributed by atoms with E-state index in [9.17, 15) is 26.8 Å². The van der Waals surface area contributed by atoms with Crippen LogP contribution in [0.2, 0.25) is 0 Å². The number of sulfonamides is 1. The van der Waals surface area contributed by atoms with E-state index in [1.165, 1.54) is 16.4 Å². The predicted octanol–water partition coefficient (Wildman–Crippen LogP) is 2.24. The number of halogens is 2. The van der Waals surface area contributed by atoms with Crippen LogP contribution in [0.25, 0.3) is 0 Å². The average molecular weight is 514 g/mol. The number of carbonyl (C=O) groups is 2. The van der Waals surface area contributed by atoms with E-state index in [1.54, 1.807) is 17.0 Å². The van der Waals surface area contributed by atoms with E-state index in [2.05, 4.69) is 5.32 Å². The third-order valence-corrected chi connectivity index (χ3v) is 9.43. The molecule has 3 heterocycles. The van der Waals surface area contributed by atoms with Crippen LogP contribution in [0.1, 0.15) is 50.2 Å². The van der Waals surface area contributed by atoms with Crippen molar-refractivity contribution in [3.05, 3.63) is 35.4 Å². The molecule has 3 aliphatic rings. The molecule has 1 aromatic rings. The number of benzene rings is 1. The van der Waals surface area contributed by atoms with Crippen molar-refractivity contribution in [3.8, 4) is 0 Å². The SMILES string of the molecule is CC(F)(F)c1ccc(CNC(=O)[C@H]2CCCN2C(=O)[C@H]2CCCN(S(=O)(=O)C3CCOC3)C2)cc1. The molecule has 3 atom stereocenters. The van der Waals surface area contributed by atoms with Gasteiger partial charge in [0.2, 0.25) is 21.8 Å². The number of likely N-dealkylation sites (tertiary alicyclic amines) is 1. The molecule has 3 saturated heterocycles. The molecule has 8 nitrogen and oxygen atoms in total. The van der Waals surface area contributed by atoms with Gasteiger partial charge in [-0.05, 0) is 37.7 Å². The van der Waals surface area contributed by atoms with E-state index in [0.29, 0.717) is 57.4 Å². The Bertz CT molecular complexity index is 1020. The highest BCUT2D eigenvalue weighted by Gasteiger charge is 2.42. The molecule has 0 radical (unpaired) electrons. The van der Waals surface area contributed by atoms with Crippen LogP contribution in [-0.2, 0) is 36.8 Å². The van der Waals surface area contributed by atoms with E-state index < -0.39 is 33.2 Å². The number of rotatable bonds is 7. The summed E-state index contributed by atoms with van der Waals surface area (Å²) < 4.78 is 59.4. The molecule has 0 aliphatic carbocycles. The van der Waals surface area contributed by atoms with Crippen LogP contribution in [0.5, 0.6) is 0 Å². The summed E-state index contributed by atoms with van der Waals surface area (Å²) >= 11 is 0. The van der Waals surface area contributed by atoms with Crippen LogP contribution in [0, 0.1) is 5.92 Å². The van der Waals surface area contributed by atoms with Gasteiger partial charge in [-0.15, -0.1) is 0 Å². The lowest BCUT2D eigenvalue weighted by Gasteiger charge is -2.35. The minimum atomic E-state index is -3.52. The number of hydrogen-bond acceptors (Lipinski definition) is 5. The van der Waals surface area contributed by atoms with Crippen LogP contribution in [0.4, 0.5) is 8.78 Å². The van der Waals surface area contributed by atoms with Crippen LogP contribution in [-0.4, -0.2) is 73.6 Å². The minimum Gasteiger partial charge on any atom is -0.380 e. The highest BCUT2D eigenvalue weighted by atomic mass is 32.2. The Kier molecular flexibility index (Phi) is 7.77. The second kappa shape index (κ2) is 10.5. The molecule has 35 heavy (non-hydrogen) atoms. The third kappa shape index (κ3) is 5.83. The molecule has 3 aliphatic heterocycles. The summed E-state index contributed by atoms with van der Waals surface area (Å²) in [6.45, 7) is 2.61. The number of nitrogens with zero attached hydrogens (tertiary/aromatic N) is 2. The number of piperidine rings is 1. The van der Waals surface area contributed by atoms with E-state index >= 15 is 0 Å². The van der Waals surface area contributed by atoms with Gasteiger partial charge < -0.3 is 15.0 Å². The fourth-order valence-corrected chi connectivity index (χ4v) is 6.95. The van der Waals surface area contributed by atoms with Crippen LogP contribution < -0.4 is 5.32 Å². The van der Waals surface area contributed by atoms with Crippen molar-refractivity contribution in [2.75, 3.05) is 32.8 Å². The summed E-state index contributed by atoms with van der Waals surface area (Å²) in [6, 6.07) is 5.17. The normalized spacial score (nSPS) is 26.1. The minimum absolute atomic E-state index is 0.0934. The Morgan fingerprint density at radius 2 is 1.83 bits per heavy atom.